The molecule has 2 atom stereocenters. The summed E-state index contributed by atoms with van der Waals surface area (Å²) in [6.07, 6.45) is 4.20. The first kappa shape index (κ1) is 18.2. The number of piperidine rings is 1. The molecule has 3 rings (SSSR count). The van der Waals surface area contributed by atoms with E-state index in [1.165, 1.54) is 5.56 Å². The number of hydrogen-bond donors (Lipinski definition) is 2. The molecule has 1 aromatic carbocycles. The Morgan fingerprint density at radius 1 is 1.32 bits per heavy atom. The molecule has 5 heteroatoms. The third-order valence-electron chi connectivity index (χ3n) is 5.85. The van der Waals surface area contributed by atoms with Crippen LogP contribution in [0, 0.1) is 5.41 Å². The van der Waals surface area contributed by atoms with Gasteiger partial charge in [0.15, 0.2) is 0 Å². The molecule has 2 N–H and O–H groups in total. The molecule has 1 aliphatic heterocycles. The van der Waals surface area contributed by atoms with Crippen molar-refractivity contribution in [2.24, 2.45) is 5.41 Å². The van der Waals surface area contributed by atoms with Gasteiger partial charge in [0.05, 0.1) is 12.2 Å². The second-order valence-electron chi connectivity index (χ2n) is 7.24. The van der Waals surface area contributed by atoms with Crippen LogP contribution < -0.4 is 5.32 Å². The number of aliphatic hydroxyl groups excluding tert-OH is 1. The van der Waals surface area contributed by atoms with E-state index in [9.17, 15) is 9.90 Å². The molecule has 138 valence electrons. The molecule has 2 amide bonds. The Kier molecular flexibility index (Phi) is 5.97. The molecule has 25 heavy (non-hydrogen) atoms. The Bertz CT molecular complexity index is 553. The van der Waals surface area contributed by atoms with Crippen LogP contribution in [-0.2, 0) is 11.2 Å². The van der Waals surface area contributed by atoms with Crippen LogP contribution in [0.2, 0.25) is 0 Å². The van der Waals surface area contributed by atoms with Crippen LogP contribution in [0.5, 0.6) is 0 Å². The number of aryl methyl sites for hydroxylation is 1. The van der Waals surface area contributed by atoms with Crippen molar-refractivity contribution in [3.8, 4) is 0 Å². The zero-order valence-electron chi connectivity index (χ0n) is 15.1. The van der Waals surface area contributed by atoms with E-state index in [4.69, 9.17) is 4.74 Å². The molecular weight excluding hydrogens is 316 g/mol. The smallest absolute Gasteiger partial charge is 0.317 e. The Morgan fingerprint density at radius 2 is 2.04 bits per heavy atom. The lowest BCUT2D eigenvalue weighted by Gasteiger charge is -2.56. The van der Waals surface area contributed by atoms with Crippen LogP contribution in [0.25, 0.3) is 0 Å². The van der Waals surface area contributed by atoms with Crippen molar-refractivity contribution in [3.05, 3.63) is 35.9 Å². The fraction of sp³-hybridized carbons (Fsp3) is 0.650. The van der Waals surface area contributed by atoms with E-state index in [1.807, 2.05) is 30.0 Å². The highest BCUT2D eigenvalue weighted by molar-refractivity contribution is 5.74. The summed E-state index contributed by atoms with van der Waals surface area (Å²) in [7, 11) is 0. The minimum Gasteiger partial charge on any atom is -0.392 e. The molecule has 0 radical (unpaired) electrons. The highest BCUT2D eigenvalue weighted by Gasteiger charge is 2.56. The Labute approximate surface area is 150 Å². The van der Waals surface area contributed by atoms with Gasteiger partial charge in [-0.3, -0.25) is 0 Å². The van der Waals surface area contributed by atoms with Crippen LogP contribution >= 0.6 is 0 Å². The van der Waals surface area contributed by atoms with Crippen LogP contribution in [0.1, 0.15) is 38.2 Å². The zero-order valence-corrected chi connectivity index (χ0v) is 15.1. The average molecular weight is 346 g/mol. The van der Waals surface area contributed by atoms with E-state index >= 15 is 0 Å². The van der Waals surface area contributed by atoms with Crippen molar-refractivity contribution in [1.82, 2.24) is 10.2 Å². The van der Waals surface area contributed by atoms with Crippen molar-refractivity contribution in [1.29, 1.82) is 0 Å². The SMILES string of the molecule is CCO[C@@H]1C[C@H](O)C12CCN(C(=O)NCCCc1ccccc1)CC2. The third-order valence-corrected chi connectivity index (χ3v) is 5.85. The summed E-state index contributed by atoms with van der Waals surface area (Å²) < 4.78 is 5.78. The number of carbonyl (C=O) groups excluding carboxylic acids is 1. The van der Waals surface area contributed by atoms with Gasteiger partial charge in [-0.05, 0) is 38.2 Å². The summed E-state index contributed by atoms with van der Waals surface area (Å²) in [5.41, 5.74) is 1.18. The summed E-state index contributed by atoms with van der Waals surface area (Å²) in [6.45, 7) is 4.77. The predicted octanol–water partition coefficient (Wildman–Crippen LogP) is 2.58. The van der Waals surface area contributed by atoms with Gasteiger partial charge in [-0.2, -0.15) is 0 Å². The minimum absolute atomic E-state index is 0.0182. The van der Waals surface area contributed by atoms with Crippen molar-refractivity contribution in [2.45, 2.75) is 51.2 Å². The number of urea groups is 1. The van der Waals surface area contributed by atoms with Gasteiger partial charge < -0.3 is 20.1 Å². The molecule has 1 saturated carbocycles. The van der Waals surface area contributed by atoms with Crippen LogP contribution in [-0.4, -0.2) is 54.5 Å². The maximum atomic E-state index is 12.3. The monoisotopic (exact) mass is 346 g/mol. The average Bonchev–Trinajstić information content (AvgIpc) is 2.66. The van der Waals surface area contributed by atoms with Gasteiger partial charge in [-0.1, -0.05) is 30.3 Å². The number of rotatable bonds is 6. The normalized spacial score (nSPS) is 24.8. The summed E-state index contributed by atoms with van der Waals surface area (Å²) in [5, 5.41) is 13.3. The van der Waals surface area contributed by atoms with Crippen LogP contribution in [0.15, 0.2) is 30.3 Å². The Balaban J connectivity index is 1.38. The second kappa shape index (κ2) is 8.19. The lowest BCUT2D eigenvalue weighted by molar-refractivity contribution is -0.207. The van der Waals surface area contributed by atoms with Crippen molar-refractivity contribution >= 4 is 6.03 Å². The van der Waals surface area contributed by atoms with Crippen LogP contribution in [0.3, 0.4) is 0 Å². The Morgan fingerprint density at radius 3 is 2.68 bits per heavy atom. The molecular formula is C20H30N2O3. The summed E-state index contributed by atoms with van der Waals surface area (Å²) in [6, 6.07) is 10.4. The van der Waals surface area contributed by atoms with E-state index in [0.717, 1.165) is 32.1 Å². The molecule has 1 aromatic rings. The Hall–Kier alpha value is -1.59. The third kappa shape index (κ3) is 3.98. The highest BCUT2D eigenvalue weighted by Crippen LogP contribution is 2.50. The number of benzene rings is 1. The van der Waals surface area contributed by atoms with E-state index < -0.39 is 0 Å². The van der Waals surface area contributed by atoms with E-state index in [-0.39, 0.29) is 23.7 Å². The number of amides is 2. The van der Waals surface area contributed by atoms with E-state index in [2.05, 4.69) is 17.4 Å². The lowest BCUT2D eigenvalue weighted by atomic mass is 9.58. The molecule has 1 heterocycles. The van der Waals surface area contributed by atoms with Crippen molar-refractivity contribution in [2.75, 3.05) is 26.2 Å². The molecule has 2 fully saturated rings. The quantitative estimate of drug-likeness (QED) is 0.778. The van der Waals surface area contributed by atoms with Gasteiger partial charge in [0.25, 0.3) is 0 Å². The highest BCUT2D eigenvalue weighted by atomic mass is 16.5. The van der Waals surface area contributed by atoms with Gasteiger partial charge in [0.1, 0.15) is 0 Å². The molecule has 5 nitrogen and oxygen atoms in total. The second-order valence-corrected chi connectivity index (χ2v) is 7.24. The van der Waals surface area contributed by atoms with E-state index in [0.29, 0.717) is 26.2 Å². The maximum absolute atomic E-state index is 12.3. The molecule has 1 saturated heterocycles. The standard InChI is InChI=1S/C20H30N2O3/c1-2-25-18-15-17(23)20(18)10-13-22(14-11-20)19(24)21-12-6-9-16-7-4-3-5-8-16/h3-5,7-8,17-18,23H,2,6,9-15H2,1H3,(H,21,24)/t17-,18+/m0/s1. The first-order valence-electron chi connectivity index (χ1n) is 9.52. The number of carbonyl (C=O) groups is 1. The summed E-state index contributed by atoms with van der Waals surface area (Å²) >= 11 is 0. The molecule has 1 aliphatic carbocycles. The fourth-order valence-electron chi connectivity index (χ4n) is 4.19. The molecule has 0 aromatic heterocycles. The largest absolute Gasteiger partial charge is 0.392 e. The maximum Gasteiger partial charge on any atom is 0.317 e. The first-order chi connectivity index (χ1) is 12.2. The lowest BCUT2D eigenvalue weighted by Crippen LogP contribution is -2.63. The van der Waals surface area contributed by atoms with Crippen LogP contribution in [0.4, 0.5) is 4.79 Å². The number of aliphatic hydroxyl groups is 1. The van der Waals surface area contributed by atoms with Gasteiger partial charge >= 0.3 is 6.03 Å². The zero-order chi connectivity index (χ0) is 17.7. The summed E-state index contributed by atoms with van der Waals surface area (Å²) in [4.78, 5) is 14.2. The molecule has 0 bridgehead atoms. The van der Waals surface area contributed by atoms with Gasteiger partial charge in [0.2, 0.25) is 0 Å². The summed E-state index contributed by atoms with van der Waals surface area (Å²) in [5.74, 6) is 0. The molecule has 2 aliphatic rings. The first-order valence-corrected chi connectivity index (χ1v) is 9.52. The van der Waals surface area contributed by atoms with Gasteiger partial charge in [0, 0.05) is 38.1 Å². The number of ether oxygens (including phenoxy) is 1. The molecule has 0 unspecified atom stereocenters. The van der Waals surface area contributed by atoms with Gasteiger partial charge in [-0.25, -0.2) is 4.79 Å². The van der Waals surface area contributed by atoms with Crippen molar-refractivity contribution < 1.29 is 14.6 Å². The minimum atomic E-state index is -0.278. The van der Waals surface area contributed by atoms with Crippen molar-refractivity contribution in [3.63, 3.8) is 0 Å². The number of nitrogens with one attached hydrogen (secondary N) is 1. The number of nitrogens with zero attached hydrogens (tertiary/aromatic N) is 1. The van der Waals surface area contributed by atoms with E-state index in [1.54, 1.807) is 0 Å². The number of likely N-dealkylation sites (tertiary alicyclic amines) is 1. The topological polar surface area (TPSA) is 61.8 Å². The molecule has 1 spiro atoms. The fourth-order valence-corrected chi connectivity index (χ4v) is 4.19. The van der Waals surface area contributed by atoms with Gasteiger partial charge in [-0.15, -0.1) is 0 Å². The predicted molar refractivity (Wildman–Crippen MR) is 97.4 cm³/mol. The number of hydrogen-bond acceptors (Lipinski definition) is 3.